The van der Waals surface area contributed by atoms with Gasteiger partial charge in [0.2, 0.25) is 11.8 Å². The predicted molar refractivity (Wildman–Crippen MR) is 319 cm³/mol. The smallest absolute Gasteiger partial charge is 0.272 e. The lowest BCUT2D eigenvalue weighted by molar-refractivity contribution is -0.384. The molecule has 5 heterocycles. The number of aryl methyl sites for hydroxylation is 4. The molecule has 8 N–H and O–H groups in total. The quantitative estimate of drug-likeness (QED) is 0.0186. The third-order valence-electron chi connectivity index (χ3n) is 13.7. The van der Waals surface area contributed by atoms with Crippen LogP contribution in [0.1, 0.15) is 96.2 Å². The van der Waals surface area contributed by atoms with Crippen molar-refractivity contribution in [3.63, 3.8) is 0 Å². The molecule has 0 saturated heterocycles. The van der Waals surface area contributed by atoms with Gasteiger partial charge in [-0.05, 0) is 108 Å². The monoisotopic (exact) mass is 1180 g/mol. The number of imide groups is 1. The second kappa shape index (κ2) is 26.2. The molecular weight excluding hydrogens is 1110 g/mol. The van der Waals surface area contributed by atoms with Crippen LogP contribution in [0.3, 0.4) is 0 Å². The lowest BCUT2D eigenvalue weighted by Gasteiger charge is -2.27. The van der Waals surface area contributed by atoms with Crippen LogP contribution >= 0.6 is 0 Å². The van der Waals surface area contributed by atoms with Gasteiger partial charge in [-0.15, -0.1) is 0 Å². The van der Waals surface area contributed by atoms with E-state index in [1.165, 1.54) is 70.1 Å². The first-order chi connectivity index (χ1) is 40.8. The van der Waals surface area contributed by atoms with Crippen LogP contribution in [0.15, 0.2) is 97.6 Å². The highest BCUT2D eigenvalue weighted by Gasteiger charge is 2.36. The Morgan fingerprint density at radius 2 is 0.895 bits per heavy atom. The first-order valence-corrected chi connectivity index (χ1v) is 26.9. The van der Waals surface area contributed by atoms with Crippen LogP contribution in [0.25, 0.3) is 10.8 Å². The summed E-state index contributed by atoms with van der Waals surface area (Å²) in [5, 5.41) is 33.7. The molecule has 86 heavy (non-hydrogen) atoms. The number of nitro benzene ring substituents is 1. The van der Waals surface area contributed by atoms with Gasteiger partial charge in [-0.25, -0.2) is 4.90 Å². The Balaban J connectivity index is 0.944. The van der Waals surface area contributed by atoms with E-state index >= 15 is 0 Å². The fourth-order valence-electron chi connectivity index (χ4n) is 9.57. The van der Waals surface area contributed by atoms with Crippen LogP contribution in [0.2, 0.25) is 0 Å². The molecule has 28 heteroatoms. The second-order valence-electron chi connectivity index (χ2n) is 21.0. The molecule has 1 aliphatic rings. The number of aromatic nitrogens is 4. The van der Waals surface area contributed by atoms with Gasteiger partial charge < -0.3 is 70.6 Å². The zero-order valence-corrected chi connectivity index (χ0v) is 48.4. The van der Waals surface area contributed by atoms with Crippen molar-refractivity contribution in [3.05, 3.63) is 153 Å². The van der Waals surface area contributed by atoms with E-state index in [4.69, 9.17) is 0 Å². The number of rotatable bonds is 24. The van der Waals surface area contributed by atoms with E-state index in [0.29, 0.717) is 40.8 Å². The number of anilines is 5. The van der Waals surface area contributed by atoms with Crippen molar-refractivity contribution in [3.8, 4) is 0 Å². The fourth-order valence-corrected chi connectivity index (χ4v) is 9.57. The van der Waals surface area contributed by atoms with Crippen molar-refractivity contribution in [2.45, 2.75) is 12.8 Å². The third-order valence-corrected chi connectivity index (χ3v) is 13.7. The maximum absolute atomic E-state index is 14.3. The number of benzene rings is 3. The summed E-state index contributed by atoms with van der Waals surface area (Å²) in [7, 11) is 14.2. The summed E-state index contributed by atoms with van der Waals surface area (Å²) in [6, 6.07) is 15.8. The van der Waals surface area contributed by atoms with Gasteiger partial charge in [0.15, 0.2) is 0 Å². The summed E-state index contributed by atoms with van der Waals surface area (Å²) in [5.41, 5.74) is 0.302. The van der Waals surface area contributed by atoms with Crippen LogP contribution in [0.5, 0.6) is 0 Å². The summed E-state index contributed by atoms with van der Waals surface area (Å²) < 4.78 is 6.06. The second-order valence-corrected chi connectivity index (χ2v) is 21.0. The van der Waals surface area contributed by atoms with Gasteiger partial charge in [-0.1, -0.05) is 12.1 Å². The van der Waals surface area contributed by atoms with Gasteiger partial charge >= 0.3 is 0 Å². The van der Waals surface area contributed by atoms with E-state index in [9.17, 15) is 58.1 Å². The van der Waals surface area contributed by atoms with Crippen molar-refractivity contribution >= 4 is 104 Å². The summed E-state index contributed by atoms with van der Waals surface area (Å²) in [6.07, 6.45) is 7.56. The average molecular weight is 1180 g/mol. The van der Waals surface area contributed by atoms with Crippen molar-refractivity contribution in [1.82, 2.24) is 49.3 Å². The van der Waals surface area contributed by atoms with Crippen molar-refractivity contribution in [2.75, 3.05) is 93.6 Å². The van der Waals surface area contributed by atoms with Crippen LogP contribution in [0.4, 0.5) is 34.1 Å². The van der Waals surface area contributed by atoms with Crippen molar-refractivity contribution in [1.29, 1.82) is 0 Å². The first kappa shape index (κ1) is 61.3. The molecule has 7 aromatic rings. The molecule has 3 aromatic carbocycles. The van der Waals surface area contributed by atoms with Crippen molar-refractivity contribution in [2.24, 2.45) is 28.2 Å². The molecule has 10 amide bonds. The van der Waals surface area contributed by atoms with E-state index < -0.39 is 71.0 Å². The highest BCUT2D eigenvalue weighted by Crippen LogP contribution is 2.36. The molecule has 0 fully saturated rings. The summed E-state index contributed by atoms with van der Waals surface area (Å²) in [4.78, 5) is 152. The Morgan fingerprint density at radius 1 is 0.488 bits per heavy atom. The third kappa shape index (κ3) is 14.4. The molecule has 4 aromatic heterocycles. The Morgan fingerprint density at radius 3 is 1.31 bits per heavy atom. The van der Waals surface area contributed by atoms with E-state index in [0.717, 1.165) is 50.2 Å². The van der Waals surface area contributed by atoms with Crippen LogP contribution in [-0.2, 0) is 37.8 Å². The predicted octanol–water partition coefficient (Wildman–Crippen LogP) is 3.51. The molecule has 8 rings (SSSR count). The molecule has 0 aliphatic carbocycles. The molecular formula is C58H64N16O12. The minimum absolute atomic E-state index is 0.00927. The Kier molecular flexibility index (Phi) is 18.7. The minimum Gasteiger partial charge on any atom is -0.351 e. The van der Waals surface area contributed by atoms with Crippen LogP contribution in [0, 0.1) is 10.1 Å². The molecule has 0 spiro atoms. The zero-order chi connectivity index (χ0) is 62.3. The number of carbonyl (C=O) groups excluding carboxylic acids is 10. The SMILES string of the molecule is CN(C)CCCNC(=O)c1cc(NC(=O)c2cc(NC(=O)CNC(=O)c3cc(C(=O)NCC(=O)Nc4cc(C(=O)Nc5cc(C(=O)NCCCN(C)C)n(C)c5)n(C)c4)cc(N4C(=O)c5cccc6cc([N+](=O)[O-])cc(c56)C4=O)c3)cn2C)cn1C. The number of hydrogen-bond acceptors (Lipinski definition) is 14. The number of carbonyl (C=O) groups is 10. The minimum atomic E-state index is -1.01. The van der Waals surface area contributed by atoms with Crippen molar-refractivity contribution < 1.29 is 52.9 Å². The van der Waals surface area contributed by atoms with Gasteiger partial charge in [0.05, 0.1) is 52.0 Å². The van der Waals surface area contributed by atoms with Crippen LogP contribution in [-0.4, -0.2) is 160 Å². The molecule has 0 atom stereocenters. The van der Waals surface area contributed by atoms with Gasteiger partial charge in [0, 0.05) is 100 Å². The topological polar surface area (TPSA) is 340 Å². The lowest BCUT2D eigenvalue weighted by atomic mass is 9.92. The summed E-state index contributed by atoms with van der Waals surface area (Å²) >= 11 is 0. The van der Waals surface area contributed by atoms with E-state index in [1.54, 1.807) is 49.7 Å². The molecule has 0 bridgehead atoms. The normalized spacial score (nSPS) is 11.9. The number of amides is 10. The molecule has 28 nitrogen and oxygen atoms in total. The van der Waals surface area contributed by atoms with Gasteiger partial charge in [0.25, 0.3) is 52.9 Å². The van der Waals surface area contributed by atoms with E-state index in [1.807, 2.05) is 38.0 Å². The fraction of sp³-hybridized carbons (Fsp3) is 0.276. The molecule has 0 saturated carbocycles. The zero-order valence-electron chi connectivity index (χ0n) is 48.4. The number of nitro groups is 1. The molecule has 1 aliphatic heterocycles. The maximum Gasteiger partial charge on any atom is 0.272 e. The highest BCUT2D eigenvalue weighted by atomic mass is 16.6. The van der Waals surface area contributed by atoms with E-state index in [-0.39, 0.29) is 73.3 Å². The first-order valence-electron chi connectivity index (χ1n) is 26.9. The summed E-state index contributed by atoms with van der Waals surface area (Å²) in [6.45, 7) is 1.17. The Hall–Kier alpha value is -10.7. The Labute approximate surface area is 492 Å². The van der Waals surface area contributed by atoms with Gasteiger partial charge in [-0.2, -0.15) is 0 Å². The Bertz CT molecular complexity index is 3720. The number of hydrogen-bond donors (Lipinski definition) is 8. The maximum atomic E-state index is 14.3. The number of non-ortho nitro benzene ring substituents is 1. The lowest BCUT2D eigenvalue weighted by Crippen LogP contribution is -2.41. The largest absolute Gasteiger partial charge is 0.351 e. The molecule has 0 radical (unpaired) electrons. The highest BCUT2D eigenvalue weighted by molar-refractivity contribution is 6.36. The standard InChI is InChI=1S/C58H64N16O12/c1-67(2)16-10-14-59-53(79)44-24-38(31-69(44)5)65-55(81)46-22-36(29-71(46)7)63-48(75)27-61-51(77)34-18-35(21-40(20-34)73-57(83)42-13-9-12-33-19-41(74(85)86)26-43(50(33)42)58(73)84)52(78)62-28-49(76)64-37-23-47(72(8)30-37)56(82)66-39-25-45(70(6)32-39)54(80)60-15-11-17-68(3)4/h9,12-13,18-26,29-32H,10-11,14-17,27-28H2,1-8H3,(H,59,79)(H,60,80)(H,61,77)(H,62,78)(H,63,75)(H,64,76)(H,65,81)(H,66,82). The number of nitrogens with zero attached hydrogens (tertiary/aromatic N) is 8. The average Bonchev–Trinajstić information content (AvgIpc) is 1.25. The molecule has 448 valence electrons. The number of nitrogens with one attached hydrogen (secondary N) is 8. The van der Waals surface area contributed by atoms with Gasteiger partial charge in [0.1, 0.15) is 22.8 Å². The van der Waals surface area contributed by atoms with Gasteiger partial charge in [-0.3, -0.25) is 58.1 Å². The molecule has 0 unspecified atom stereocenters. The summed E-state index contributed by atoms with van der Waals surface area (Å²) in [5.74, 6) is -7.08. The van der Waals surface area contributed by atoms with E-state index in [2.05, 4.69) is 42.5 Å². The van der Waals surface area contributed by atoms with Crippen LogP contribution < -0.4 is 47.4 Å².